The van der Waals surface area contributed by atoms with E-state index in [1.165, 1.54) is 0 Å². The number of rotatable bonds is 6. The smallest absolute Gasteiger partial charge is 0.407 e. The minimum Gasteiger partial charge on any atom is -0.508 e. The number of alkyl carbamates (subject to hydrolysis) is 1. The van der Waals surface area contributed by atoms with Crippen LogP contribution >= 0.6 is 0 Å². The molecule has 130 valence electrons. The van der Waals surface area contributed by atoms with Crippen LogP contribution in [0.25, 0.3) is 0 Å². The molecule has 23 heavy (non-hydrogen) atoms. The minimum absolute atomic E-state index is 0.0733. The second-order valence-electron chi connectivity index (χ2n) is 7.38. The fourth-order valence-corrected chi connectivity index (χ4v) is 2.40. The highest BCUT2D eigenvalue weighted by molar-refractivity contribution is 5.67. The van der Waals surface area contributed by atoms with Crippen LogP contribution in [0.4, 0.5) is 4.79 Å². The Morgan fingerprint density at radius 1 is 1.30 bits per heavy atom. The molecular formula is C18H29NO4. The van der Waals surface area contributed by atoms with Crippen molar-refractivity contribution in [3.63, 3.8) is 0 Å². The molecule has 1 rings (SSSR count). The third kappa shape index (κ3) is 6.10. The molecule has 0 fully saturated rings. The Morgan fingerprint density at radius 3 is 2.43 bits per heavy atom. The van der Waals surface area contributed by atoms with Gasteiger partial charge in [0.1, 0.15) is 11.4 Å². The zero-order valence-electron chi connectivity index (χ0n) is 14.7. The van der Waals surface area contributed by atoms with Gasteiger partial charge in [0.15, 0.2) is 0 Å². The summed E-state index contributed by atoms with van der Waals surface area (Å²) in [5, 5.41) is 22.3. The summed E-state index contributed by atoms with van der Waals surface area (Å²) < 4.78 is 5.25. The van der Waals surface area contributed by atoms with Crippen LogP contribution in [0.2, 0.25) is 0 Å². The van der Waals surface area contributed by atoms with Crippen LogP contribution in [0, 0.1) is 11.3 Å². The maximum absolute atomic E-state index is 11.9. The monoisotopic (exact) mass is 323 g/mol. The standard InChI is InChI=1S/C18H29NO4/c1-13(2)18(12-20,10-14-7-6-8-15(21)9-14)11-19-16(22)23-17(3,4)5/h6-9,13,20-21H,10-12H2,1-5H3,(H,19,22). The average molecular weight is 323 g/mol. The lowest BCUT2D eigenvalue weighted by atomic mass is 9.73. The summed E-state index contributed by atoms with van der Waals surface area (Å²) >= 11 is 0. The lowest BCUT2D eigenvalue weighted by Crippen LogP contribution is -2.46. The first-order chi connectivity index (χ1) is 10.6. The molecule has 1 amide bonds. The minimum atomic E-state index is -0.561. The molecule has 1 unspecified atom stereocenters. The highest BCUT2D eigenvalue weighted by atomic mass is 16.6. The van der Waals surface area contributed by atoms with Crippen molar-refractivity contribution >= 4 is 6.09 Å². The van der Waals surface area contributed by atoms with E-state index in [-0.39, 0.29) is 18.3 Å². The lowest BCUT2D eigenvalue weighted by molar-refractivity contribution is 0.0394. The highest BCUT2D eigenvalue weighted by Crippen LogP contribution is 2.32. The zero-order valence-corrected chi connectivity index (χ0v) is 14.7. The molecule has 1 atom stereocenters. The fourth-order valence-electron chi connectivity index (χ4n) is 2.40. The van der Waals surface area contributed by atoms with Crippen molar-refractivity contribution < 1.29 is 19.7 Å². The highest BCUT2D eigenvalue weighted by Gasteiger charge is 2.34. The number of aliphatic hydroxyl groups excluding tert-OH is 1. The Morgan fingerprint density at radius 2 is 1.96 bits per heavy atom. The van der Waals surface area contributed by atoms with Crippen LogP contribution in [0.3, 0.4) is 0 Å². The molecule has 5 heteroatoms. The number of nitrogens with one attached hydrogen (secondary N) is 1. The predicted octanol–water partition coefficient (Wildman–Crippen LogP) is 3.09. The molecule has 3 N–H and O–H groups in total. The third-order valence-corrected chi connectivity index (χ3v) is 3.99. The number of hydrogen-bond acceptors (Lipinski definition) is 4. The number of phenols is 1. The lowest BCUT2D eigenvalue weighted by Gasteiger charge is -2.36. The molecule has 0 radical (unpaired) electrons. The first kappa shape index (κ1) is 19.3. The van der Waals surface area contributed by atoms with Gasteiger partial charge in [0.25, 0.3) is 0 Å². The van der Waals surface area contributed by atoms with Crippen molar-refractivity contribution in [3.8, 4) is 5.75 Å². The fraction of sp³-hybridized carbons (Fsp3) is 0.611. The summed E-state index contributed by atoms with van der Waals surface area (Å²) in [4.78, 5) is 11.9. The molecule has 0 saturated carbocycles. The van der Waals surface area contributed by atoms with Gasteiger partial charge in [-0.15, -0.1) is 0 Å². The maximum atomic E-state index is 11.9. The molecule has 0 aliphatic rings. The van der Waals surface area contributed by atoms with Crippen LogP contribution in [0.1, 0.15) is 40.2 Å². The zero-order chi connectivity index (χ0) is 17.7. The van der Waals surface area contributed by atoms with E-state index >= 15 is 0 Å². The van der Waals surface area contributed by atoms with Crippen molar-refractivity contribution in [2.45, 2.75) is 46.6 Å². The molecule has 0 aliphatic carbocycles. The molecule has 0 saturated heterocycles. The van der Waals surface area contributed by atoms with Crippen LogP contribution < -0.4 is 5.32 Å². The van der Waals surface area contributed by atoms with Gasteiger partial charge in [-0.1, -0.05) is 26.0 Å². The van der Waals surface area contributed by atoms with Gasteiger partial charge in [-0.25, -0.2) is 4.79 Å². The number of benzene rings is 1. The first-order valence-corrected chi connectivity index (χ1v) is 7.93. The Bertz CT molecular complexity index is 522. The number of carbonyl (C=O) groups is 1. The molecule has 0 spiro atoms. The number of amides is 1. The number of aliphatic hydroxyl groups is 1. The van der Waals surface area contributed by atoms with Gasteiger partial charge in [0.05, 0.1) is 6.61 Å². The van der Waals surface area contributed by atoms with Gasteiger partial charge >= 0.3 is 6.09 Å². The summed E-state index contributed by atoms with van der Waals surface area (Å²) in [5.41, 5.74) is -0.168. The Balaban J connectivity index is 2.84. The molecule has 1 aromatic rings. The Kier molecular flexibility index (Phi) is 6.45. The summed E-state index contributed by atoms with van der Waals surface area (Å²) in [7, 11) is 0. The van der Waals surface area contributed by atoms with Gasteiger partial charge < -0.3 is 20.3 Å². The van der Waals surface area contributed by atoms with Crippen LogP contribution in [-0.2, 0) is 11.2 Å². The molecule has 0 heterocycles. The largest absolute Gasteiger partial charge is 0.508 e. The van der Waals surface area contributed by atoms with Gasteiger partial charge in [0.2, 0.25) is 0 Å². The predicted molar refractivity (Wildman–Crippen MR) is 90.4 cm³/mol. The summed E-state index contributed by atoms with van der Waals surface area (Å²) in [6.45, 7) is 9.66. The van der Waals surface area contributed by atoms with Crippen molar-refractivity contribution in [1.29, 1.82) is 0 Å². The molecule has 5 nitrogen and oxygen atoms in total. The summed E-state index contributed by atoms with van der Waals surface area (Å²) in [6, 6.07) is 6.97. The number of carbonyl (C=O) groups excluding carboxylic acids is 1. The van der Waals surface area contributed by atoms with Crippen molar-refractivity contribution in [2.75, 3.05) is 13.2 Å². The molecule has 0 bridgehead atoms. The Hall–Kier alpha value is -1.75. The summed E-state index contributed by atoms with van der Waals surface area (Å²) in [6.07, 6.45) is 0.0534. The number of phenolic OH excluding ortho intramolecular Hbond substituents is 1. The molecular weight excluding hydrogens is 294 g/mol. The topological polar surface area (TPSA) is 78.8 Å². The van der Waals surface area contributed by atoms with Crippen molar-refractivity contribution in [2.24, 2.45) is 11.3 Å². The van der Waals surface area contributed by atoms with Crippen molar-refractivity contribution in [3.05, 3.63) is 29.8 Å². The van der Waals surface area contributed by atoms with E-state index < -0.39 is 17.1 Å². The van der Waals surface area contributed by atoms with Gasteiger partial charge in [0, 0.05) is 12.0 Å². The van der Waals surface area contributed by atoms with Crippen LogP contribution in [0.15, 0.2) is 24.3 Å². The van der Waals surface area contributed by atoms with E-state index in [9.17, 15) is 15.0 Å². The molecule has 0 aromatic heterocycles. The third-order valence-electron chi connectivity index (χ3n) is 3.99. The van der Waals surface area contributed by atoms with Gasteiger partial charge in [-0.2, -0.15) is 0 Å². The molecule has 0 aliphatic heterocycles. The quantitative estimate of drug-likeness (QED) is 0.751. The number of hydrogen-bond donors (Lipinski definition) is 3. The van der Waals surface area contributed by atoms with Crippen molar-refractivity contribution in [1.82, 2.24) is 5.32 Å². The van der Waals surface area contributed by atoms with Crippen LogP contribution in [0.5, 0.6) is 5.75 Å². The Labute approximate surface area is 138 Å². The first-order valence-electron chi connectivity index (χ1n) is 7.93. The van der Waals surface area contributed by atoms with Crippen LogP contribution in [-0.4, -0.2) is 35.1 Å². The summed E-state index contributed by atoms with van der Waals surface area (Å²) in [5.74, 6) is 0.322. The normalized spacial score (nSPS) is 14.4. The average Bonchev–Trinajstić information content (AvgIpc) is 2.41. The van der Waals surface area contributed by atoms with Gasteiger partial charge in [-0.3, -0.25) is 0 Å². The van der Waals surface area contributed by atoms with E-state index in [1.54, 1.807) is 39.0 Å². The van der Waals surface area contributed by atoms with Gasteiger partial charge in [-0.05, 0) is 50.8 Å². The second kappa shape index (κ2) is 7.68. The number of ether oxygens (including phenoxy) is 1. The number of aromatic hydroxyl groups is 1. The SMILES string of the molecule is CC(C)C(CO)(CNC(=O)OC(C)(C)C)Cc1cccc(O)c1. The van der Waals surface area contributed by atoms with E-state index in [2.05, 4.69) is 5.32 Å². The van der Waals surface area contributed by atoms with E-state index in [4.69, 9.17) is 4.74 Å². The van der Waals surface area contributed by atoms with E-state index in [0.717, 1.165) is 5.56 Å². The second-order valence-corrected chi connectivity index (χ2v) is 7.38. The van der Waals surface area contributed by atoms with E-state index in [1.807, 2.05) is 19.9 Å². The molecule has 1 aromatic carbocycles. The van der Waals surface area contributed by atoms with E-state index in [0.29, 0.717) is 13.0 Å². The maximum Gasteiger partial charge on any atom is 0.407 e.